The van der Waals surface area contributed by atoms with E-state index in [1.54, 1.807) is 18.2 Å². The molecular weight excluding hydrogens is 495 g/mol. The minimum Gasteiger partial charge on any atom is -0.493 e. The molecule has 3 aromatic carbocycles. The second-order valence-corrected chi connectivity index (χ2v) is 9.27. The Morgan fingerprint density at radius 1 is 0.974 bits per heavy atom. The fourth-order valence-electron chi connectivity index (χ4n) is 5.20. The Morgan fingerprint density at radius 2 is 1.79 bits per heavy atom. The molecule has 2 aliphatic heterocycles. The number of halogens is 3. The molecule has 1 amide bonds. The van der Waals surface area contributed by atoms with Crippen LogP contribution in [0.25, 0.3) is 22.0 Å². The summed E-state index contributed by atoms with van der Waals surface area (Å²) in [6, 6.07) is 13.8. The number of hydrogen-bond acceptors (Lipinski definition) is 5. The number of benzene rings is 3. The Labute approximate surface area is 217 Å². The lowest BCUT2D eigenvalue weighted by Crippen LogP contribution is -2.39. The van der Waals surface area contributed by atoms with E-state index in [1.165, 1.54) is 6.20 Å². The largest absolute Gasteiger partial charge is 0.493 e. The van der Waals surface area contributed by atoms with Crippen LogP contribution in [0.3, 0.4) is 0 Å². The van der Waals surface area contributed by atoms with Crippen LogP contribution in [0.15, 0.2) is 60.8 Å². The van der Waals surface area contributed by atoms with E-state index in [1.807, 2.05) is 29.2 Å². The van der Waals surface area contributed by atoms with Crippen molar-refractivity contribution in [3.8, 4) is 16.9 Å². The minimum absolute atomic E-state index is 0.232. The molecule has 6 nitrogen and oxygen atoms in total. The highest BCUT2D eigenvalue weighted by Crippen LogP contribution is 2.38. The van der Waals surface area contributed by atoms with Gasteiger partial charge in [0.25, 0.3) is 5.91 Å². The first-order valence-corrected chi connectivity index (χ1v) is 12.4. The Morgan fingerprint density at radius 3 is 2.63 bits per heavy atom. The number of carbonyl (C=O) groups excluding carboxylic acids is 1. The number of nitrogens with zero attached hydrogens (tertiary/aromatic N) is 2. The average Bonchev–Trinajstić information content (AvgIpc) is 2.94. The van der Waals surface area contributed by atoms with Crippen LogP contribution in [0.4, 0.5) is 18.9 Å². The van der Waals surface area contributed by atoms with Gasteiger partial charge in [-0.2, -0.15) is 0 Å². The summed E-state index contributed by atoms with van der Waals surface area (Å²) in [6.07, 6.45) is 2.07. The molecule has 0 saturated carbocycles. The zero-order valence-electron chi connectivity index (χ0n) is 20.3. The standard InChI is InChI=1S/C29H24F3N3O3/c30-17-14-21(26(32)23(31)15-17)18-5-3-6-20-27(18)33-16-22(28(20)35-9-12-37-13-10-35)29(36)34-24-8-11-38-25-7-2-1-4-19(24)25/h1-7,14-16,24H,8-13H2,(H,34,36). The van der Waals surface area contributed by atoms with Crippen molar-refractivity contribution in [2.45, 2.75) is 12.5 Å². The van der Waals surface area contributed by atoms with E-state index in [0.717, 1.165) is 17.4 Å². The molecule has 1 N–H and O–H groups in total. The van der Waals surface area contributed by atoms with Gasteiger partial charge in [0.1, 0.15) is 11.6 Å². The van der Waals surface area contributed by atoms with Crippen molar-refractivity contribution < 1.29 is 27.4 Å². The van der Waals surface area contributed by atoms with Crippen LogP contribution in [0, 0.1) is 17.5 Å². The van der Waals surface area contributed by atoms with Gasteiger partial charge in [0.15, 0.2) is 11.6 Å². The van der Waals surface area contributed by atoms with Gasteiger partial charge in [-0.1, -0.05) is 36.4 Å². The summed E-state index contributed by atoms with van der Waals surface area (Å²) in [4.78, 5) is 20.3. The van der Waals surface area contributed by atoms with Crippen LogP contribution in [0.2, 0.25) is 0 Å². The molecule has 38 heavy (non-hydrogen) atoms. The Kier molecular flexibility index (Phi) is 6.37. The Hall–Kier alpha value is -4.11. The lowest BCUT2D eigenvalue weighted by Gasteiger charge is -2.32. The first kappa shape index (κ1) is 24.2. The van der Waals surface area contributed by atoms with E-state index in [9.17, 15) is 18.0 Å². The molecule has 3 heterocycles. The van der Waals surface area contributed by atoms with E-state index in [4.69, 9.17) is 9.47 Å². The van der Waals surface area contributed by atoms with Gasteiger partial charge in [0.05, 0.1) is 42.6 Å². The number of fused-ring (bicyclic) bond motifs is 2. The zero-order chi connectivity index (χ0) is 26.2. The molecule has 194 valence electrons. The molecule has 2 aliphatic rings. The maximum atomic E-state index is 14.8. The van der Waals surface area contributed by atoms with Crippen molar-refractivity contribution in [3.05, 3.63) is 89.4 Å². The molecule has 6 rings (SSSR count). The molecule has 0 radical (unpaired) electrons. The van der Waals surface area contributed by atoms with E-state index in [2.05, 4.69) is 10.3 Å². The van der Waals surface area contributed by atoms with Crippen molar-refractivity contribution in [1.29, 1.82) is 0 Å². The van der Waals surface area contributed by atoms with Crippen molar-refractivity contribution in [1.82, 2.24) is 10.3 Å². The number of rotatable bonds is 4. The summed E-state index contributed by atoms with van der Waals surface area (Å²) in [7, 11) is 0. The summed E-state index contributed by atoms with van der Waals surface area (Å²) in [5.41, 5.74) is 2.22. The number of para-hydroxylation sites is 2. The number of aromatic nitrogens is 1. The van der Waals surface area contributed by atoms with Gasteiger partial charge in [0, 0.05) is 53.9 Å². The van der Waals surface area contributed by atoms with Crippen LogP contribution in [-0.4, -0.2) is 43.8 Å². The third-order valence-corrected chi connectivity index (χ3v) is 6.99. The smallest absolute Gasteiger partial charge is 0.255 e. The number of carbonyl (C=O) groups is 1. The lowest BCUT2D eigenvalue weighted by atomic mass is 9.97. The van der Waals surface area contributed by atoms with E-state index in [0.29, 0.717) is 67.6 Å². The number of hydrogen-bond donors (Lipinski definition) is 1. The van der Waals surface area contributed by atoms with Crippen LogP contribution in [0.1, 0.15) is 28.4 Å². The van der Waals surface area contributed by atoms with E-state index < -0.39 is 17.5 Å². The highest BCUT2D eigenvalue weighted by atomic mass is 19.2. The molecule has 9 heteroatoms. The SMILES string of the molecule is O=C(NC1CCOc2ccccc21)c1cnc2c(-c3cc(F)cc(F)c3F)cccc2c1N1CCOCC1. The van der Waals surface area contributed by atoms with Crippen molar-refractivity contribution in [2.75, 3.05) is 37.8 Å². The van der Waals surface area contributed by atoms with Gasteiger partial charge in [-0.3, -0.25) is 9.78 Å². The fraction of sp³-hybridized carbons (Fsp3) is 0.241. The normalized spacial score (nSPS) is 17.1. The lowest BCUT2D eigenvalue weighted by molar-refractivity contribution is 0.0923. The second-order valence-electron chi connectivity index (χ2n) is 9.27. The van der Waals surface area contributed by atoms with Crippen molar-refractivity contribution in [2.24, 2.45) is 0 Å². The number of ether oxygens (including phenoxy) is 2. The topological polar surface area (TPSA) is 63.7 Å². The van der Waals surface area contributed by atoms with Crippen molar-refractivity contribution in [3.63, 3.8) is 0 Å². The van der Waals surface area contributed by atoms with Crippen LogP contribution in [-0.2, 0) is 4.74 Å². The molecule has 1 aromatic heterocycles. The van der Waals surface area contributed by atoms with E-state index in [-0.39, 0.29) is 23.1 Å². The summed E-state index contributed by atoms with van der Waals surface area (Å²) in [6.45, 7) is 2.50. The molecule has 4 aromatic rings. The van der Waals surface area contributed by atoms with Gasteiger partial charge in [-0.25, -0.2) is 13.2 Å². The maximum absolute atomic E-state index is 14.8. The first-order chi connectivity index (χ1) is 18.5. The molecule has 1 saturated heterocycles. The molecule has 0 spiro atoms. The molecule has 1 atom stereocenters. The summed E-state index contributed by atoms with van der Waals surface area (Å²) >= 11 is 0. The summed E-state index contributed by atoms with van der Waals surface area (Å²) in [5.74, 6) is -2.90. The van der Waals surface area contributed by atoms with Gasteiger partial charge in [0.2, 0.25) is 0 Å². The second kappa shape index (κ2) is 9.98. The van der Waals surface area contributed by atoms with E-state index >= 15 is 0 Å². The zero-order valence-corrected chi connectivity index (χ0v) is 20.3. The first-order valence-electron chi connectivity index (χ1n) is 12.4. The number of amides is 1. The third-order valence-electron chi connectivity index (χ3n) is 6.99. The molecule has 1 unspecified atom stereocenters. The monoisotopic (exact) mass is 519 g/mol. The number of pyridine rings is 1. The van der Waals surface area contributed by atoms with Gasteiger partial charge >= 0.3 is 0 Å². The quantitative estimate of drug-likeness (QED) is 0.366. The molecular formula is C29H24F3N3O3. The highest BCUT2D eigenvalue weighted by molar-refractivity contribution is 6.10. The molecule has 0 aliphatic carbocycles. The summed E-state index contributed by atoms with van der Waals surface area (Å²) < 4.78 is 54.1. The van der Waals surface area contributed by atoms with Gasteiger partial charge < -0.3 is 19.7 Å². The number of nitrogens with one attached hydrogen (secondary N) is 1. The number of anilines is 1. The van der Waals surface area contributed by atoms with Crippen molar-refractivity contribution >= 4 is 22.5 Å². The van der Waals surface area contributed by atoms with Gasteiger partial charge in [-0.15, -0.1) is 0 Å². The highest BCUT2D eigenvalue weighted by Gasteiger charge is 2.28. The third kappa shape index (κ3) is 4.32. The maximum Gasteiger partial charge on any atom is 0.255 e. The van der Waals surface area contributed by atoms with Crippen LogP contribution < -0.4 is 15.0 Å². The molecule has 1 fully saturated rings. The van der Waals surface area contributed by atoms with Crippen LogP contribution in [0.5, 0.6) is 5.75 Å². The fourth-order valence-corrected chi connectivity index (χ4v) is 5.20. The average molecular weight is 520 g/mol. The minimum atomic E-state index is -1.28. The Bertz CT molecular complexity index is 1540. The van der Waals surface area contributed by atoms with Gasteiger partial charge in [-0.05, 0) is 12.1 Å². The molecule has 0 bridgehead atoms. The number of morpholine rings is 1. The van der Waals surface area contributed by atoms with Crippen LogP contribution >= 0.6 is 0 Å². The Balaban J connectivity index is 1.47. The summed E-state index contributed by atoms with van der Waals surface area (Å²) in [5, 5.41) is 3.71. The predicted octanol–water partition coefficient (Wildman–Crippen LogP) is 5.41. The predicted molar refractivity (Wildman–Crippen MR) is 137 cm³/mol.